The molecule has 1 aliphatic rings. The van der Waals surface area contributed by atoms with E-state index >= 15 is 0 Å². The number of nitrogens with zero attached hydrogens (tertiary/aromatic N) is 4. The summed E-state index contributed by atoms with van der Waals surface area (Å²) in [5.74, 6) is 1.42. The third-order valence-electron chi connectivity index (χ3n) is 4.84. The van der Waals surface area contributed by atoms with Crippen molar-refractivity contribution in [1.29, 1.82) is 0 Å². The Morgan fingerprint density at radius 3 is 2.70 bits per heavy atom. The van der Waals surface area contributed by atoms with Crippen molar-refractivity contribution >= 4 is 11.6 Å². The molecule has 0 N–H and O–H groups in total. The lowest BCUT2D eigenvalue weighted by Crippen LogP contribution is -2.38. The molecule has 1 aliphatic heterocycles. The molecule has 0 radical (unpaired) electrons. The standard InChI is InChI=1S/C20H20ClFN4O/c1-25-19(23-24-20(25)14-6-8-15(21)9-7-14)13-26-10-11-27-18(12-26)16-4-2-3-5-17(16)22/h2-9,18H,10-13H2,1H3. The van der Waals surface area contributed by atoms with Crippen molar-refractivity contribution in [2.45, 2.75) is 12.6 Å². The van der Waals surface area contributed by atoms with Crippen LogP contribution in [0, 0.1) is 5.82 Å². The van der Waals surface area contributed by atoms with Gasteiger partial charge in [-0.25, -0.2) is 4.39 Å². The van der Waals surface area contributed by atoms with Crippen LogP contribution < -0.4 is 0 Å². The van der Waals surface area contributed by atoms with Crippen molar-refractivity contribution in [2.24, 2.45) is 7.05 Å². The molecule has 1 saturated heterocycles. The molecule has 1 aromatic heterocycles. The third kappa shape index (κ3) is 3.88. The molecule has 0 aliphatic carbocycles. The minimum atomic E-state index is -0.274. The minimum absolute atomic E-state index is 0.229. The minimum Gasteiger partial charge on any atom is -0.371 e. The molecule has 140 valence electrons. The lowest BCUT2D eigenvalue weighted by atomic mass is 10.1. The molecule has 2 aromatic carbocycles. The van der Waals surface area contributed by atoms with Gasteiger partial charge in [-0.3, -0.25) is 4.90 Å². The summed E-state index contributed by atoms with van der Waals surface area (Å²) in [5, 5.41) is 9.36. The first-order valence-corrected chi connectivity index (χ1v) is 9.22. The van der Waals surface area contributed by atoms with Crippen molar-refractivity contribution in [1.82, 2.24) is 19.7 Å². The quantitative estimate of drug-likeness (QED) is 0.683. The predicted octanol–water partition coefficient (Wildman–Crippen LogP) is 3.85. The van der Waals surface area contributed by atoms with Gasteiger partial charge in [0.2, 0.25) is 0 Å². The highest BCUT2D eigenvalue weighted by molar-refractivity contribution is 6.30. The molecule has 3 aromatic rings. The predicted molar refractivity (Wildman–Crippen MR) is 102 cm³/mol. The van der Waals surface area contributed by atoms with Crippen molar-refractivity contribution < 1.29 is 9.13 Å². The Balaban J connectivity index is 1.49. The van der Waals surface area contributed by atoms with E-state index in [0.29, 0.717) is 30.3 Å². The normalized spacial score (nSPS) is 18.0. The second-order valence-corrected chi connectivity index (χ2v) is 7.06. The van der Waals surface area contributed by atoms with Crippen molar-refractivity contribution in [3.63, 3.8) is 0 Å². The summed E-state index contributed by atoms with van der Waals surface area (Å²) >= 11 is 5.96. The first kappa shape index (κ1) is 18.1. The maximum Gasteiger partial charge on any atom is 0.163 e. The fourth-order valence-electron chi connectivity index (χ4n) is 3.32. The Hall–Kier alpha value is -2.28. The molecule has 0 amide bonds. The van der Waals surface area contributed by atoms with Gasteiger partial charge in [-0.05, 0) is 30.3 Å². The highest BCUT2D eigenvalue weighted by atomic mass is 35.5. The van der Waals surface area contributed by atoms with Gasteiger partial charge < -0.3 is 9.30 Å². The summed E-state index contributed by atoms with van der Waals surface area (Å²) in [6.07, 6.45) is -0.274. The molecule has 1 fully saturated rings. The summed E-state index contributed by atoms with van der Waals surface area (Å²) in [6.45, 7) is 2.57. The topological polar surface area (TPSA) is 43.2 Å². The smallest absolute Gasteiger partial charge is 0.163 e. The number of aromatic nitrogens is 3. The van der Waals surface area contributed by atoms with E-state index in [9.17, 15) is 4.39 Å². The van der Waals surface area contributed by atoms with Gasteiger partial charge in [0, 0.05) is 36.3 Å². The van der Waals surface area contributed by atoms with E-state index in [1.54, 1.807) is 12.1 Å². The summed E-state index contributed by atoms with van der Waals surface area (Å²) in [7, 11) is 1.95. The van der Waals surface area contributed by atoms with Crippen LogP contribution in [-0.2, 0) is 18.3 Å². The number of rotatable bonds is 4. The molecule has 7 heteroatoms. The van der Waals surface area contributed by atoms with E-state index < -0.39 is 0 Å². The van der Waals surface area contributed by atoms with Crippen LogP contribution in [0.1, 0.15) is 17.5 Å². The van der Waals surface area contributed by atoms with Crippen molar-refractivity contribution in [2.75, 3.05) is 19.7 Å². The molecule has 1 unspecified atom stereocenters. The maximum atomic E-state index is 14.1. The number of ether oxygens (including phenoxy) is 1. The average Bonchev–Trinajstić information content (AvgIpc) is 3.03. The monoisotopic (exact) mass is 386 g/mol. The Bertz CT molecular complexity index is 928. The molecule has 1 atom stereocenters. The second-order valence-electron chi connectivity index (χ2n) is 6.62. The van der Waals surface area contributed by atoms with E-state index in [1.165, 1.54) is 6.07 Å². The number of benzene rings is 2. The average molecular weight is 387 g/mol. The molecule has 27 heavy (non-hydrogen) atoms. The molecule has 0 saturated carbocycles. The van der Waals surface area contributed by atoms with Gasteiger partial charge in [0.1, 0.15) is 11.6 Å². The highest BCUT2D eigenvalue weighted by Crippen LogP contribution is 2.26. The van der Waals surface area contributed by atoms with E-state index in [-0.39, 0.29) is 11.9 Å². The zero-order chi connectivity index (χ0) is 18.8. The van der Waals surface area contributed by atoms with Crippen molar-refractivity contribution in [3.05, 3.63) is 70.8 Å². The molecule has 0 bridgehead atoms. The molecular weight excluding hydrogens is 367 g/mol. The SMILES string of the molecule is Cn1c(CN2CCOC(c3ccccc3F)C2)nnc1-c1ccc(Cl)cc1. The number of halogens is 2. The Morgan fingerprint density at radius 2 is 1.93 bits per heavy atom. The first-order chi connectivity index (χ1) is 13.1. The summed E-state index contributed by atoms with van der Waals surface area (Å²) in [4.78, 5) is 2.22. The van der Waals surface area contributed by atoms with Crippen LogP contribution in [0.2, 0.25) is 5.02 Å². The number of hydrogen-bond acceptors (Lipinski definition) is 4. The summed E-state index contributed by atoms with van der Waals surface area (Å²) < 4.78 is 21.9. The Labute approximate surface area is 162 Å². The van der Waals surface area contributed by atoms with Gasteiger partial charge >= 0.3 is 0 Å². The molecule has 2 heterocycles. The van der Waals surface area contributed by atoms with Gasteiger partial charge in [0.05, 0.1) is 19.3 Å². The van der Waals surface area contributed by atoms with E-state index in [0.717, 1.165) is 23.8 Å². The summed E-state index contributed by atoms with van der Waals surface area (Å²) in [5.41, 5.74) is 1.56. The van der Waals surface area contributed by atoms with Crippen LogP contribution in [0.5, 0.6) is 0 Å². The lowest BCUT2D eigenvalue weighted by Gasteiger charge is -2.32. The highest BCUT2D eigenvalue weighted by Gasteiger charge is 2.25. The van der Waals surface area contributed by atoms with Crippen molar-refractivity contribution in [3.8, 4) is 11.4 Å². The molecule has 4 rings (SSSR count). The van der Waals surface area contributed by atoms with Crippen LogP contribution >= 0.6 is 11.6 Å². The van der Waals surface area contributed by atoms with Crippen LogP contribution in [0.25, 0.3) is 11.4 Å². The molecular formula is C20H20ClFN4O. The van der Waals surface area contributed by atoms with Crippen LogP contribution in [0.3, 0.4) is 0 Å². The zero-order valence-corrected chi connectivity index (χ0v) is 15.7. The molecule has 5 nitrogen and oxygen atoms in total. The van der Waals surface area contributed by atoms with Gasteiger partial charge in [-0.2, -0.15) is 0 Å². The van der Waals surface area contributed by atoms with E-state index in [2.05, 4.69) is 15.1 Å². The van der Waals surface area contributed by atoms with Gasteiger partial charge in [-0.15, -0.1) is 10.2 Å². The fraction of sp³-hybridized carbons (Fsp3) is 0.300. The lowest BCUT2D eigenvalue weighted by molar-refractivity contribution is -0.0354. The zero-order valence-electron chi connectivity index (χ0n) is 15.0. The largest absolute Gasteiger partial charge is 0.371 e. The summed E-state index contributed by atoms with van der Waals surface area (Å²) in [6, 6.07) is 14.3. The van der Waals surface area contributed by atoms with Gasteiger partial charge in [0.15, 0.2) is 5.82 Å². The Kier molecular flexibility index (Phi) is 5.20. The van der Waals surface area contributed by atoms with Crippen LogP contribution in [-0.4, -0.2) is 39.4 Å². The third-order valence-corrected chi connectivity index (χ3v) is 5.09. The van der Waals surface area contributed by atoms with Crippen LogP contribution in [0.15, 0.2) is 48.5 Å². The van der Waals surface area contributed by atoms with Crippen LogP contribution in [0.4, 0.5) is 4.39 Å². The fourth-order valence-corrected chi connectivity index (χ4v) is 3.45. The Morgan fingerprint density at radius 1 is 1.15 bits per heavy atom. The van der Waals surface area contributed by atoms with E-state index in [1.807, 2.05) is 41.9 Å². The van der Waals surface area contributed by atoms with E-state index in [4.69, 9.17) is 16.3 Å². The van der Waals surface area contributed by atoms with Gasteiger partial charge in [-0.1, -0.05) is 29.8 Å². The maximum absolute atomic E-state index is 14.1. The number of hydrogen-bond donors (Lipinski definition) is 0. The second kappa shape index (κ2) is 7.76. The first-order valence-electron chi connectivity index (χ1n) is 8.84. The van der Waals surface area contributed by atoms with Gasteiger partial charge in [0.25, 0.3) is 0 Å². The molecule has 0 spiro atoms. The number of morpholine rings is 1.